The fraction of sp³-hybridized carbons (Fsp3) is 0.467. The lowest BCUT2D eigenvalue weighted by atomic mass is 9.95. The molecule has 0 fully saturated rings. The molecule has 0 amide bonds. The van der Waals surface area contributed by atoms with Crippen molar-refractivity contribution < 1.29 is 30.6 Å². The third kappa shape index (κ3) is 4.03. The van der Waals surface area contributed by atoms with Crippen molar-refractivity contribution in [3.8, 4) is 0 Å². The van der Waals surface area contributed by atoms with Crippen LogP contribution in [0.1, 0.15) is 18.1 Å². The summed E-state index contributed by atoms with van der Waals surface area (Å²) in [6.45, 7) is 2.63. The van der Waals surface area contributed by atoms with E-state index in [4.69, 9.17) is 5.11 Å². The van der Waals surface area contributed by atoms with Gasteiger partial charge in [-0.05, 0) is 30.5 Å². The highest BCUT2D eigenvalue weighted by atomic mass is 16.4. The maximum absolute atomic E-state index is 10.1. The molecule has 0 aromatic heterocycles. The maximum atomic E-state index is 10.1. The molecule has 0 aliphatic rings. The number of hydrogen-bond acceptors (Lipinski definition) is 6. The Labute approximate surface area is 123 Å². The second kappa shape index (κ2) is 7.53. The number of aryl methyl sites for hydroxylation is 1. The molecular formula is C15H22O6. The van der Waals surface area contributed by atoms with Crippen LogP contribution < -0.4 is 0 Å². The van der Waals surface area contributed by atoms with Gasteiger partial charge in [-0.15, -0.1) is 0 Å². The van der Waals surface area contributed by atoms with Crippen LogP contribution >= 0.6 is 0 Å². The summed E-state index contributed by atoms with van der Waals surface area (Å²) in [6, 6.07) is 7.18. The Balaban J connectivity index is 3.03. The Morgan fingerprint density at radius 3 is 2.14 bits per heavy atom. The van der Waals surface area contributed by atoms with Crippen LogP contribution in [-0.4, -0.2) is 61.7 Å². The van der Waals surface area contributed by atoms with Crippen molar-refractivity contribution in [1.82, 2.24) is 0 Å². The molecule has 6 heteroatoms. The van der Waals surface area contributed by atoms with E-state index in [1.54, 1.807) is 19.1 Å². The molecule has 0 aliphatic heterocycles. The largest absolute Gasteiger partial charge is 0.509 e. The molecule has 4 unspecified atom stereocenters. The third-order valence-corrected chi connectivity index (χ3v) is 3.47. The minimum absolute atomic E-state index is 0.352. The molecule has 0 saturated heterocycles. The maximum Gasteiger partial charge on any atom is 0.139 e. The number of aliphatic hydroxyl groups excluding tert-OH is 6. The predicted molar refractivity (Wildman–Crippen MR) is 77.5 cm³/mol. The highest BCUT2D eigenvalue weighted by molar-refractivity contribution is 5.68. The van der Waals surface area contributed by atoms with E-state index in [9.17, 15) is 25.5 Å². The van der Waals surface area contributed by atoms with Crippen LogP contribution in [0.2, 0.25) is 0 Å². The average molecular weight is 298 g/mol. The molecule has 1 aromatic rings. The number of benzene rings is 1. The number of rotatable bonds is 6. The quantitative estimate of drug-likeness (QED) is 0.402. The summed E-state index contributed by atoms with van der Waals surface area (Å²) < 4.78 is 0. The van der Waals surface area contributed by atoms with Crippen LogP contribution in [0.25, 0.3) is 5.57 Å². The first kappa shape index (κ1) is 17.6. The van der Waals surface area contributed by atoms with Gasteiger partial charge in [0.15, 0.2) is 0 Å². The molecule has 1 aromatic carbocycles. The zero-order chi connectivity index (χ0) is 16.2. The van der Waals surface area contributed by atoms with Crippen LogP contribution in [0.3, 0.4) is 0 Å². The molecule has 6 N–H and O–H groups in total. The molecule has 0 radical (unpaired) electrons. The van der Waals surface area contributed by atoms with Crippen LogP contribution in [0, 0.1) is 6.92 Å². The number of allylic oxidation sites excluding steroid dienone is 1. The first-order valence-corrected chi connectivity index (χ1v) is 6.60. The van der Waals surface area contributed by atoms with Gasteiger partial charge in [-0.3, -0.25) is 0 Å². The Bertz CT molecular complexity index is 499. The van der Waals surface area contributed by atoms with Crippen molar-refractivity contribution in [1.29, 1.82) is 0 Å². The topological polar surface area (TPSA) is 121 Å². The smallest absolute Gasteiger partial charge is 0.139 e. The molecule has 0 spiro atoms. The second-order valence-corrected chi connectivity index (χ2v) is 5.00. The highest BCUT2D eigenvalue weighted by Crippen LogP contribution is 2.24. The summed E-state index contributed by atoms with van der Waals surface area (Å²) in [4.78, 5) is 0. The SMILES string of the molecule is CC(=C(O)C(O)C(O)C(O)C(O)CO)c1ccccc1C. The molecule has 21 heavy (non-hydrogen) atoms. The molecular weight excluding hydrogens is 276 g/mol. The lowest BCUT2D eigenvalue weighted by Gasteiger charge is -2.26. The van der Waals surface area contributed by atoms with Crippen molar-refractivity contribution in [2.75, 3.05) is 6.61 Å². The van der Waals surface area contributed by atoms with Gasteiger partial charge in [-0.1, -0.05) is 24.3 Å². The van der Waals surface area contributed by atoms with E-state index < -0.39 is 36.8 Å². The van der Waals surface area contributed by atoms with Crippen molar-refractivity contribution in [3.05, 3.63) is 41.2 Å². The van der Waals surface area contributed by atoms with Gasteiger partial charge >= 0.3 is 0 Å². The van der Waals surface area contributed by atoms with Crippen LogP contribution in [0.15, 0.2) is 30.0 Å². The van der Waals surface area contributed by atoms with Gasteiger partial charge in [-0.25, -0.2) is 0 Å². The van der Waals surface area contributed by atoms with E-state index in [1.165, 1.54) is 0 Å². The van der Waals surface area contributed by atoms with Crippen molar-refractivity contribution in [3.63, 3.8) is 0 Å². The Hall–Kier alpha value is -1.44. The number of aliphatic hydroxyl groups is 6. The minimum atomic E-state index is -1.83. The normalized spacial score (nSPS) is 18.6. The lowest BCUT2D eigenvalue weighted by Crippen LogP contribution is -2.46. The van der Waals surface area contributed by atoms with Gasteiger partial charge in [-0.2, -0.15) is 0 Å². The van der Waals surface area contributed by atoms with E-state index in [0.717, 1.165) is 5.56 Å². The highest BCUT2D eigenvalue weighted by Gasteiger charge is 2.33. The van der Waals surface area contributed by atoms with E-state index >= 15 is 0 Å². The van der Waals surface area contributed by atoms with E-state index in [2.05, 4.69) is 0 Å². The summed E-state index contributed by atoms with van der Waals surface area (Å²) in [6.07, 6.45) is -7.00. The lowest BCUT2D eigenvalue weighted by molar-refractivity contribution is -0.112. The monoisotopic (exact) mass is 298 g/mol. The fourth-order valence-corrected chi connectivity index (χ4v) is 2.04. The van der Waals surface area contributed by atoms with Crippen molar-refractivity contribution >= 4 is 5.57 Å². The first-order chi connectivity index (χ1) is 9.81. The van der Waals surface area contributed by atoms with Gasteiger partial charge in [0.2, 0.25) is 0 Å². The van der Waals surface area contributed by atoms with E-state index in [1.807, 2.05) is 19.1 Å². The summed E-state index contributed by atoms with van der Waals surface area (Å²) in [5, 5.41) is 57.3. The molecule has 6 nitrogen and oxygen atoms in total. The average Bonchev–Trinajstić information content (AvgIpc) is 2.50. The van der Waals surface area contributed by atoms with Gasteiger partial charge in [0.25, 0.3) is 0 Å². The van der Waals surface area contributed by atoms with Crippen LogP contribution in [0.5, 0.6) is 0 Å². The van der Waals surface area contributed by atoms with E-state index in [-0.39, 0.29) is 0 Å². The molecule has 4 atom stereocenters. The van der Waals surface area contributed by atoms with Gasteiger partial charge in [0.1, 0.15) is 30.2 Å². The third-order valence-electron chi connectivity index (χ3n) is 3.47. The summed E-state index contributed by atoms with van der Waals surface area (Å²) in [5.74, 6) is -0.499. The number of hydrogen-bond donors (Lipinski definition) is 6. The van der Waals surface area contributed by atoms with Crippen molar-refractivity contribution in [2.45, 2.75) is 38.3 Å². The summed E-state index contributed by atoms with van der Waals surface area (Å²) in [7, 11) is 0. The Morgan fingerprint density at radius 1 is 1.05 bits per heavy atom. The minimum Gasteiger partial charge on any atom is -0.509 e. The Morgan fingerprint density at radius 2 is 1.62 bits per heavy atom. The van der Waals surface area contributed by atoms with Gasteiger partial charge in [0, 0.05) is 0 Å². The second-order valence-electron chi connectivity index (χ2n) is 5.00. The molecule has 0 aliphatic carbocycles. The summed E-state index contributed by atoms with van der Waals surface area (Å²) in [5.41, 5.74) is 1.92. The standard InChI is InChI=1S/C15H22O6/c1-8-5-3-4-6-10(8)9(2)12(18)14(20)15(21)13(19)11(17)7-16/h3-6,11,13-21H,7H2,1-2H3. The van der Waals surface area contributed by atoms with Crippen molar-refractivity contribution in [2.24, 2.45) is 0 Å². The fourth-order valence-electron chi connectivity index (χ4n) is 2.04. The van der Waals surface area contributed by atoms with Crippen LogP contribution in [-0.2, 0) is 0 Å². The predicted octanol–water partition coefficient (Wildman–Crippen LogP) is -0.280. The summed E-state index contributed by atoms with van der Waals surface area (Å²) >= 11 is 0. The first-order valence-electron chi connectivity index (χ1n) is 6.60. The van der Waals surface area contributed by atoms with Crippen LogP contribution in [0.4, 0.5) is 0 Å². The molecule has 118 valence electrons. The Kier molecular flexibility index (Phi) is 6.32. The zero-order valence-corrected chi connectivity index (χ0v) is 12.0. The zero-order valence-electron chi connectivity index (χ0n) is 12.0. The molecule has 0 heterocycles. The molecule has 0 saturated carbocycles. The van der Waals surface area contributed by atoms with E-state index in [0.29, 0.717) is 11.1 Å². The molecule has 0 bridgehead atoms. The van der Waals surface area contributed by atoms with Gasteiger partial charge in [0.05, 0.1) is 6.61 Å². The van der Waals surface area contributed by atoms with Gasteiger partial charge < -0.3 is 30.6 Å². The molecule has 1 rings (SSSR count).